The third-order valence-corrected chi connectivity index (χ3v) is 3.40. The molecule has 0 aliphatic heterocycles. The predicted molar refractivity (Wildman–Crippen MR) is 64.1 cm³/mol. The quantitative estimate of drug-likeness (QED) is 0.805. The molecule has 0 radical (unpaired) electrons. The smallest absolute Gasteiger partial charge is 0.140 e. The average Bonchev–Trinajstić information content (AvgIpc) is 2.15. The first-order chi connectivity index (χ1) is 7.70. The summed E-state index contributed by atoms with van der Waals surface area (Å²) in [6.07, 6.45) is 3.71. The van der Waals surface area contributed by atoms with Crippen LogP contribution in [-0.4, -0.2) is 12.9 Å². The predicted octanol–water partition coefficient (Wildman–Crippen LogP) is 3.26. The Labute approximate surface area is 101 Å². The molecule has 0 amide bonds. The Hall–Kier alpha value is -1.02. The highest BCUT2D eigenvalue weighted by molar-refractivity contribution is 6.30. The number of rotatable bonds is 4. The van der Waals surface area contributed by atoms with Crippen molar-refractivity contribution in [3.63, 3.8) is 0 Å². The summed E-state index contributed by atoms with van der Waals surface area (Å²) in [4.78, 5) is 11.9. The van der Waals surface area contributed by atoms with Crippen molar-refractivity contribution in [2.45, 2.75) is 25.7 Å². The molecule has 2 rings (SSSR count). The minimum Gasteiger partial charge on any atom is -0.496 e. The van der Waals surface area contributed by atoms with Crippen molar-refractivity contribution >= 4 is 17.4 Å². The van der Waals surface area contributed by atoms with E-state index in [1.54, 1.807) is 13.2 Å². The van der Waals surface area contributed by atoms with E-state index < -0.39 is 0 Å². The summed E-state index contributed by atoms with van der Waals surface area (Å²) in [7, 11) is 1.61. The van der Waals surface area contributed by atoms with Crippen molar-refractivity contribution < 1.29 is 9.53 Å². The first kappa shape index (κ1) is 11.5. The van der Waals surface area contributed by atoms with Crippen LogP contribution in [0.4, 0.5) is 0 Å². The van der Waals surface area contributed by atoms with Gasteiger partial charge in [0.1, 0.15) is 11.5 Å². The lowest BCUT2D eigenvalue weighted by Crippen LogP contribution is -2.23. The van der Waals surface area contributed by atoms with Gasteiger partial charge in [0, 0.05) is 22.9 Å². The van der Waals surface area contributed by atoms with E-state index in [-0.39, 0.29) is 5.92 Å². The summed E-state index contributed by atoms with van der Waals surface area (Å²) in [5.74, 6) is 1.33. The summed E-state index contributed by atoms with van der Waals surface area (Å²) >= 11 is 5.92. The molecule has 1 aliphatic rings. The zero-order valence-electron chi connectivity index (χ0n) is 9.33. The summed E-state index contributed by atoms with van der Waals surface area (Å²) in [6.45, 7) is 0. The molecule has 1 saturated carbocycles. The lowest BCUT2D eigenvalue weighted by molar-refractivity contribution is -0.124. The van der Waals surface area contributed by atoms with Gasteiger partial charge in [-0.1, -0.05) is 18.0 Å². The molecule has 0 unspecified atom stereocenters. The van der Waals surface area contributed by atoms with Crippen LogP contribution in [-0.2, 0) is 11.2 Å². The van der Waals surface area contributed by atoms with Crippen molar-refractivity contribution in [1.29, 1.82) is 0 Å². The van der Waals surface area contributed by atoms with Gasteiger partial charge in [-0.3, -0.25) is 4.79 Å². The molecule has 0 heterocycles. The summed E-state index contributed by atoms with van der Waals surface area (Å²) in [5, 5.41) is 0.650. The molecule has 1 aromatic carbocycles. The van der Waals surface area contributed by atoms with E-state index in [1.165, 1.54) is 6.42 Å². The normalized spacial score (nSPS) is 15.6. The highest BCUT2D eigenvalue weighted by Gasteiger charge is 2.25. The van der Waals surface area contributed by atoms with E-state index in [1.807, 2.05) is 12.1 Å². The zero-order chi connectivity index (χ0) is 11.5. The molecule has 1 fully saturated rings. The fourth-order valence-corrected chi connectivity index (χ4v) is 2.14. The van der Waals surface area contributed by atoms with Gasteiger partial charge < -0.3 is 4.74 Å². The SMILES string of the molecule is COc1ccc(Cl)cc1CC(=O)C1CCC1. The average molecular weight is 239 g/mol. The number of Topliss-reactive ketones (excluding diaryl/α,β-unsaturated/α-hetero) is 1. The Morgan fingerprint density at radius 3 is 2.81 bits per heavy atom. The van der Waals surface area contributed by atoms with Crippen LogP contribution in [0, 0.1) is 5.92 Å². The van der Waals surface area contributed by atoms with Crippen LogP contribution < -0.4 is 4.74 Å². The second-order valence-corrected chi connectivity index (χ2v) is 4.66. The molecule has 2 nitrogen and oxygen atoms in total. The lowest BCUT2D eigenvalue weighted by Gasteiger charge is -2.24. The largest absolute Gasteiger partial charge is 0.496 e. The van der Waals surface area contributed by atoms with Gasteiger partial charge in [-0.05, 0) is 31.0 Å². The van der Waals surface area contributed by atoms with Gasteiger partial charge in [0.15, 0.2) is 0 Å². The molecular weight excluding hydrogens is 224 g/mol. The first-order valence-electron chi connectivity index (χ1n) is 5.56. The second-order valence-electron chi connectivity index (χ2n) is 4.23. The van der Waals surface area contributed by atoms with E-state index in [9.17, 15) is 4.79 Å². The van der Waals surface area contributed by atoms with Gasteiger partial charge in [0.2, 0.25) is 0 Å². The van der Waals surface area contributed by atoms with E-state index in [2.05, 4.69) is 0 Å². The van der Waals surface area contributed by atoms with Gasteiger partial charge >= 0.3 is 0 Å². The zero-order valence-corrected chi connectivity index (χ0v) is 10.1. The molecule has 3 heteroatoms. The maximum absolute atomic E-state index is 11.9. The van der Waals surface area contributed by atoms with Gasteiger partial charge in [0.25, 0.3) is 0 Å². The number of benzene rings is 1. The third-order valence-electron chi connectivity index (χ3n) is 3.17. The fourth-order valence-electron chi connectivity index (χ4n) is 1.95. The Kier molecular flexibility index (Phi) is 3.49. The van der Waals surface area contributed by atoms with E-state index in [4.69, 9.17) is 16.3 Å². The molecular formula is C13H15ClO2. The number of carbonyl (C=O) groups excluding carboxylic acids is 1. The molecule has 0 N–H and O–H groups in total. The van der Waals surface area contributed by atoms with E-state index >= 15 is 0 Å². The number of carbonyl (C=O) groups is 1. The van der Waals surface area contributed by atoms with Crippen LogP contribution in [0.5, 0.6) is 5.75 Å². The third kappa shape index (κ3) is 2.38. The topological polar surface area (TPSA) is 26.3 Å². The molecule has 0 aromatic heterocycles. The molecule has 1 aromatic rings. The van der Waals surface area contributed by atoms with E-state index in [0.717, 1.165) is 24.2 Å². The number of halogens is 1. The summed E-state index contributed by atoms with van der Waals surface area (Å²) < 4.78 is 5.22. The maximum atomic E-state index is 11.9. The Morgan fingerprint density at radius 1 is 1.50 bits per heavy atom. The molecule has 1 aliphatic carbocycles. The van der Waals surface area contributed by atoms with Crippen molar-refractivity contribution in [2.24, 2.45) is 5.92 Å². The van der Waals surface area contributed by atoms with Crippen molar-refractivity contribution in [3.05, 3.63) is 28.8 Å². The van der Waals surface area contributed by atoms with Crippen LogP contribution in [0.1, 0.15) is 24.8 Å². The number of hydrogen-bond acceptors (Lipinski definition) is 2. The maximum Gasteiger partial charge on any atom is 0.140 e. The van der Waals surface area contributed by atoms with Crippen molar-refractivity contribution in [3.8, 4) is 5.75 Å². The van der Waals surface area contributed by atoms with Crippen LogP contribution in [0.2, 0.25) is 5.02 Å². The molecule has 0 bridgehead atoms. The molecule has 0 spiro atoms. The molecule has 16 heavy (non-hydrogen) atoms. The Balaban J connectivity index is 2.12. The lowest BCUT2D eigenvalue weighted by atomic mass is 9.80. The van der Waals surface area contributed by atoms with Gasteiger partial charge in [-0.15, -0.1) is 0 Å². The molecule has 0 saturated heterocycles. The van der Waals surface area contributed by atoms with Crippen LogP contribution >= 0.6 is 11.6 Å². The number of ether oxygens (including phenoxy) is 1. The summed E-state index contributed by atoms with van der Waals surface area (Å²) in [5.41, 5.74) is 0.895. The second kappa shape index (κ2) is 4.88. The fraction of sp³-hybridized carbons (Fsp3) is 0.462. The number of hydrogen-bond donors (Lipinski definition) is 0. The standard InChI is InChI=1S/C13H15ClO2/c1-16-13-6-5-11(14)7-10(13)8-12(15)9-3-2-4-9/h5-7,9H,2-4,8H2,1H3. The number of methoxy groups -OCH3 is 1. The summed E-state index contributed by atoms with van der Waals surface area (Å²) in [6, 6.07) is 5.40. The van der Waals surface area contributed by atoms with Crippen molar-refractivity contribution in [1.82, 2.24) is 0 Å². The van der Waals surface area contributed by atoms with Crippen LogP contribution in [0.3, 0.4) is 0 Å². The Morgan fingerprint density at radius 2 is 2.25 bits per heavy atom. The highest BCUT2D eigenvalue weighted by atomic mass is 35.5. The Bertz CT molecular complexity index is 397. The van der Waals surface area contributed by atoms with Gasteiger partial charge in [-0.25, -0.2) is 0 Å². The molecule has 0 atom stereocenters. The van der Waals surface area contributed by atoms with Crippen LogP contribution in [0.15, 0.2) is 18.2 Å². The van der Waals surface area contributed by atoms with Crippen LogP contribution in [0.25, 0.3) is 0 Å². The van der Waals surface area contributed by atoms with Gasteiger partial charge in [-0.2, -0.15) is 0 Å². The molecule has 86 valence electrons. The number of ketones is 1. The minimum atomic E-state index is 0.267. The minimum absolute atomic E-state index is 0.267. The monoisotopic (exact) mass is 238 g/mol. The highest BCUT2D eigenvalue weighted by Crippen LogP contribution is 2.30. The van der Waals surface area contributed by atoms with Crippen molar-refractivity contribution in [2.75, 3.05) is 7.11 Å². The van der Waals surface area contributed by atoms with E-state index in [0.29, 0.717) is 17.2 Å². The van der Waals surface area contributed by atoms with Gasteiger partial charge in [0.05, 0.1) is 7.11 Å². The first-order valence-corrected chi connectivity index (χ1v) is 5.93.